The maximum absolute atomic E-state index is 14.7. The van der Waals surface area contributed by atoms with Gasteiger partial charge in [0, 0.05) is 41.4 Å². The summed E-state index contributed by atoms with van der Waals surface area (Å²) in [6, 6.07) is 8.10. The van der Waals surface area contributed by atoms with E-state index >= 15 is 0 Å². The summed E-state index contributed by atoms with van der Waals surface area (Å²) in [6.07, 6.45) is 6.62. The number of piperidine rings is 1. The fourth-order valence-electron chi connectivity index (χ4n) is 4.29. The molecule has 1 aliphatic carbocycles. The Labute approximate surface area is 196 Å². The Morgan fingerprint density at radius 1 is 1.28 bits per heavy atom. The molecule has 5 nitrogen and oxygen atoms in total. The summed E-state index contributed by atoms with van der Waals surface area (Å²) >= 11 is 6.36. The zero-order valence-electron chi connectivity index (χ0n) is 17.6. The third kappa shape index (κ3) is 4.72. The second-order valence-electron chi connectivity index (χ2n) is 8.51. The van der Waals surface area contributed by atoms with Crippen LogP contribution in [0.5, 0.6) is 0 Å². The topological polar surface area (TPSA) is 51.0 Å². The standard InChI is InChI=1S/C24H25FN4OS2/c25-21-4-2-1-3-20(21)23(24(30)16-5-6-16)28-9-8-22(31)17(12-28)11-18-7-10-29(27-18)13-19-14-32-15-26-19/h1-4,7,10-11,14-16,22-23,31H,5-6,8-9,12-13H2. The van der Waals surface area contributed by atoms with E-state index in [9.17, 15) is 9.18 Å². The van der Waals surface area contributed by atoms with Crippen LogP contribution >= 0.6 is 24.0 Å². The zero-order chi connectivity index (χ0) is 22.1. The molecule has 5 rings (SSSR count). The van der Waals surface area contributed by atoms with Crippen molar-refractivity contribution >= 4 is 35.8 Å². The van der Waals surface area contributed by atoms with E-state index in [1.54, 1.807) is 23.5 Å². The Bertz CT molecular complexity index is 1120. The second kappa shape index (κ2) is 9.29. The van der Waals surface area contributed by atoms with E-state index in [0.717, 1.165) is 36.2 Å². The summed E-state index contributed by atoms with van der Waals surface area (Å²) in [5.74, 6) is -0.118. The number of rotatable bonds is 7. The summed E-state index contributed by atoms with van der Waals surface area (Å²) in [4.78, 5) is 19.6. The van der Waals surface area contributed by atoms with Crippen LogP contribution in [0.3, 0.4) is 0 Å². The first-order valence-corrected chi connectivity index (χ1v) is 12.4. The first kappa shape index (κ1) is 21.6. The summed E-state index contributed by atoms with van der Waals surface area (Å²) in [5.41, 5.74) is 5.24. The molecule has 1 saturated carbocycles. The maximum atomic E-state index is 14.7. The predicted molar refractivity (Wildman–Crippen MR) is 127 cm³/mol. The third-order valence-corrected chi connectivity index (χ3v) is 7.34. The van der Waals surface area contributed by atoms with Gasteiger partial charge in [0.1, 0.15) is 5.82 Å². The van der Waals surface area contributed by atoms with Crippen LogP contribution < -0.4 is 0 Å². The van der Waals surface area contributed by atoms with Gasteiger partial charge < -0.3 is 0 Å². The number of carbonyl (C=O) groups excluding carboxylic acids is 1. The number of hydrogen-bond donors (Lipinski definition) is 1. The van der Waals surface area contributed by atoms with Crippen molar-refractivity contribution in [1.82, 2.24) is 19.7 Å². The molecule has 2 fully saturated rings. The molecular formula is C24H25FN4OS2. The van der Waals surface area contributed by atoms with E-state index in [-0.39, 0.29) is 22.8 Å². The number of Topliss-reactive ketones (excluding diaryl/α,β-unsaturated/α-hetero) is 1. The molecule has 0 spiro atoms. The van der Waals surface area contributed by atoms with Crippen molar-refractivity contribution < 1.29 is 9.18 Å². The number of thiol groups is 1. The minimum atomic E-state index is -0.546. The molecule has 0 radical (unpaired) electrons. The van der Waals surface area contributed by atoms with Crippen LogP contribution in [0, 0.1) is 11.7 Å². The summed E-state index contributed by atoms with van der Waals surface area (Å²) in [5, 5.41) is 6.76. The monoisotopic (exact) mass is 468 g/mol. The van der Waals surface area contributed by atoms with Crippen LogP contribution in [0.2, 0.25) is 0 Å². The molecule has 2 atom stereocenters. The van der Waals surface area contributed by atoms with Crippen molar-refractivity contribution in [3.8, 4) is 0 Å². The average molecular weight is 469 g/mol. The molecule has 1 aliphatic heterocycles. The lowest BCUT2D eigenvalue weighted by Gasteiger charge is -2.37. The Kier molecular flexibility index (Phi) is 6.26. The Morgan fingerprint density at radius 2 is 2.12 bits per heavy atom. The molecule has 8 heteroatoms. The summed E-state index contributed by atoms with van der Waals surface area (Å²) in [7, 11) is 0. The fraction of sp³-hybridized carbons (Fsp3) is 0.375. The molecule has 166 valence electrons. The van der Waals surface area contributed by atoms with Gasteiger partial charge in [-0.15, -0.1) is 11.3 Å². The first-order chi connectivity index (χ1) is 15.6. The van der Waals surface area contributed by atoms with Crippen LogP contribution in [-0.2, 0) is 11.3 Å². The normalized spacial score (nSPS) is 21.7. The fourth-order valence-corrected chi connectivity index (χ4v) is 5.11. The average Bonchev–Trinajstić information content (AvgIpc) is 3.35. The molecule has 3 aromatic rings. The van der Waals surface area contributed by atoms with E-state index in [1.807, 2.05) is 33.9 Å². The van der Waals surface area contributed by atoms with Crippen LogP contribution in [0.25, 0.3) is 6.08 Å². The number of halogens is 1. The SMILES string of the molecule is O=C(C1CC1)C(c1ccccc1F)N1CCC(S)C(=Cc2ccn(Cc3cscn3)n2)C1. The lowest BCUT2D eigenvalue weighted by atomic mass is 9.93. The number of hydrogen-bond acceptors (Lipinski definition) is 6. The molecular weight excluding hydrogens is 443 g/mol. The highest BCUT2D eigenvalue weighted by molar-refractivity contribution is 7.81. The van der Waals surface area contributed by atoms with Gasteiger partial charge in [-0.3, -0.25) is 14.4 Å². The number of nitrogens with zero attached hydrogens (tertiary/aromatic N) is 4. The molecule has 0 amide bonds. The first-order valence-electron chi connectivity index (χ1n) is 10.9. The van der Waals surface area contributed by atoms with Crippen LogP contribution in [-0.4, -0.2) is 43.8 Å². The highest BCUT2D eigenvalue weighted by atomic mass is 32.1. The Balaban J connectivity index is 1.38. The maximum Gasteiger partial charge on any atom is 0.157 e. The molecule has 3 heterocycles. The largest absolute Gasteiger partial charge is 0.297 e. The minimum absolute atomic E-state index is 0.0576. The molecule has 32 heavy (non-hydrogen) atoms. The van der Waals surface area contributed by atoms with Crippen molar-refractivity contribution in [2.24, 2.45) is 5.92 Å². The van der Waals surface area contributed by atoms with Gasteiger partial charge >= 0.3 is 0 Å². The van der Waals surface area contributed by atoms with E-state index in [1.165, 1.54) is 6.07 Å². The van der Waals surface area contributed by atoms with Gasteiger partial charge in [-0.25, -0.2) is 9.37 Å². The van der Waals surface area contributed by atoms with E-state index < -0.39 is 6.04 Å². The zero-order valence-corrected chi connectivity index (χ0v) is 19.3. The van der Waals surface area contributed by atoms with Crippen LogP contribution in [0.15, 0.2) is 53.0 Å². The molecule has 0 N–H and O–H groups in total. The molecule has 1 saturated heterocycles. The lowest BCUT2D eigenvalue weighted by Crippen LogP contribution is -2.42. The Hall–Kier alpha value is -2.29. The lowest BCUT2D eigenvalue weighted by molar-refractivity contribution is -0.126. The molecule has 0 bridgehead atoms. The second-order valence-corrected chi connectivity index (χ2v) is 9.85. The molecule has 1 aromatic carbocycles. The molecule has 2 aromatic heterocycles. The highest BCUT2D eigenvalue weighted by Crippen LogP contribution is 2.39. The smallest absolute Gasteiger partial charge is 0.157 e. The van der Waals surface area contributed by atoms with Gasteiger partial charge in [-0.2, -0.15) is 17.7 Å². The van der Waals surface area contributed by atoms with Gasteiger partial charge in [0.25, 0.3) is 0 Å². The van der Waals surface area contributed by atoms with Gasteiger partial charge in [0.15, 0.2) is 5.78 Å². The van der Waals surface area contributed by atoms with Crippen molar-refractivity contribution in [1.29, 1.82) is 0 Å². The Morgan fingerprint density at radius 3 is 2.88 bits per heavy atom. The number of likely N-dealkylation sites (tertiary alicyclic amines) is 1. The van der Waals surface area contributed by atoms with Gasteiger partial charge in [-0.1, -0.05) is 18.2 Å². The minimum Gasteiger partial charge on any atom is -0.297 e. The number of thiazole rings is 1. The third-order valence-electron chi connectivity index (χ3n) is 6.12. The number of ketones is 1. The number of aromatic nitrogens is 3. The quantitative estimate of drug-likeness (QED) is 0.514. The van der Waals surface area contributed by atoms with Crippen LogP contribution in [0.4, 0.5) is 4.39 Å². The molecule has 2 aliphatic rings. The van der Waals surface area contributed by atoms with E-state index in [4.69, 9.17) is 12.6 Å². The predicted octanol–water partition coefficient (Wildman–Crippen LogP) is 4.63. The summed E-state index contributed by atoms with van der Waals surface area (Å²) in [6.45, 7) is 1.92. The van der Waals surface area contributed by atoms with Crippen molar-refractivity contribution in [3.63, 3.8) is 0 Å². The van der Waals surface area contributed by atoms with Gasteiger partial charge in [-0.05, 0) is 43.0 Å². The molecule has 2 unspecified atom stereocenters. The highest BCUT2D eigenvalue weighted by Gasteiger charge is 2.40. The van der Waals surface area contributed by atoms with Gasteiger partial charge in [0.05, 0.1) is 29.5 Å². The number of benzene rings is 1. The van der Waals surface area contributed by atoms with Gasteiger partial charge in [0.2, 0.25) is 0 Å². The van der Waals surface area contributed by atoms with E-state index in [2.05, 4.69) is 21.1 Å². The number of carbonyl (C=O) groups is 1. The summed E-state index contributed by atoms with van der Waals surface area (Å²) < 4.78 is 16.6. The van der Waals surface area contributed by atoms with Crippen molar-refractivity contribution in [2.75, 3.05) is 13.1 Å². The van der Waals surface area contributed by atoms with E-state index in [0.29, 0.717) is 25.2 Å². The van der Waals surface area contributed by atoms with Crippen molar-refractivity contribution in [3.05, 3.63) is 75.8 Å². The van der Waals surface area contributed by atoms with Crippen LogP contribution in [0.1, 0.15) is 42.3 Å². The van der Waals surface area contributed by atoms with Crippen molar-refractivity contribution in [2.45, 2.75) is 37.1 Å².